The molecule has 0 spiro atoms. The maximum atomic E-state index is 12.6. The second-order valence-electron chi connectivity index (χ2n) is 6.45. The highest BCUT2D eigenvalue weighted by atomic mass is 16.5. The van der Waals surface area contributed by atoms with Gasteiger partial charge in [0.15, 0.2) is 0 Å². The van der Waals surface area contributed by atoms with Crippen molar-refractivity contribution in [3.8, 4) is 5.75 Å². The number of carbonyl (C=O) groups excluding carboxylic acids is 1. The van der Waals surface area contributed by atoms with Crippen molar-refractivity contribution >= 4 is 5.91 Å². The van der Waals surface area contributed by atoms with Gasteiger partial charge in [-0.05, 0) is 37.8 Å². The zero-order chi connectivity index (χ0) is 15.5. The molecule has 4 heteroatoms. The van der Waals surface area contributed by atoms with Gasteiger partial charge in [0.1, 0.15) is 5.75 Å². The quantitative estimate of drug-likeness (QED) is 0.896. The van der Waals surface area contributed by atoms with Crippen LogP contribution in [0.1, 0.15) is 45.2 Å². The number of benzene rings is 1. The van der Waals surface area contributed by atoms with Crippen LogP contribution in [-0.2, 0) is 4.79 Å². The van der Waals surface area contributed by atoms with Gasteiger partial charge < -0.3 is 15.4 Å². The predicted octanol–water partition coefficient (Wildman–Crippen LogP) is 2.65. The van der Waals surface area contributed by atoms with Gasteiger partial charge in [-0.1, -0.05) is 32.0 Å². The summed E-state index contributed by atoms with van der Waals surface area (Å²) in [6, 6.07) is 7.59. The monoisotopic (exact) mass is 290 g/mol. The molecule has 0 aromatic heterocycles. The van der Waals surface area contributed by atoms with E-state index in [2.05, 4.69) is 24.5 Å². The maximum absolute atomic E-state index is 12.6. The highest BCUT2D eigenvalue weighted by Crippen LogP contribution is 2.31. The van der Waals surface area contributed by atoms with Crippen LogP contribution in [-0.4, -0.2) is 25.6 Å². The van der Waals surface area contributed by atoms with Crippen LogP contribution in [0.25, 0.3) is 0 Å². The molecule has 1 saturated heterocycles. The first kappa shape index (κ1) is 15.8. The summed E-state index contributed by atoms with van der Waals surface area (Å²) in [6.07, 6.45) is 2.19. The number of para-hydroxylation sites is 1. The molecule has 1 aromatic rings. The second kappa shape index (κ2) is 6.48. The number of rotatable bonds is 4. The highest BCUT2D eigenvalue weighted by molar-refractivity contribution is 5.83. The standard InChI is InChI=1S/C17H26N2O2/c1-12(13-8-5-6-9-14(13)21-4)19-16(20)15-17(2,3)10-7-11-18-15/h5-6,8-9,12,15,18H,7,10-11H2,1-4H3,(H,19,20)/t12-,15?/m1/s1. The Hall–Kier alpha value is -1.55. The minimum absolute atomic E-state index is 0.0111. The first-order chi connectivity index (χ1) is 9.95. The third-order valence-corrected chi connectivity index (χ3v) is 4.35. The molecule has 1 fully saturated rings. The minimum Gasteiger partial charge on any atom is -0.496 e. The molecule has 1 aliphatic heterocycles. The summed E-state index contributed by atoms with van der Waals surface area (Å²) < 4.78 is 5.37. The molecular weight excluding hydrogens is 264 g/mol. The molecule has 2 N–H and O–H groups in total. The molecule has 0 aliphatic carbocycles. The lowest BCUT2D eigenvalue weighted by Gasteiger charge is -2.38. The van der Waals surface area contributed by atoms with Crippen LogP contribution in [0.2, 0.25) is 0 Å². The molecule has 2 rings (SSSR count). The van der Waals surface area contributed by atoms with Crippen LogP contribution in [0.5, 0.6) is 5.75 Å². The van der Waals surface area contributed by atoms with Gasteiger partial charge in [0.2, 0.25) is 5.91 Å². The normalized spacial score (nSPS) is 22.4. The molecule has 1 aliphatic rings. The Kier molecular flexibility index (Phi) is 4.88. The lowest BCUT2D eigenvalue weighted by Crippen LogP contribution is -2.55. The Morgan fingerprint density at radius 1 is 1.43 bits per heavy atom. The van der Waals surface area contributed by atoms with E-state index in [1.807, 2.05) is 31.2 Å². The molecule has 1 heterocycles. The molecule has 0 saturated carbocycles. The Morgan fingerprint density at radius 3 is 2.81 bits per heavy atom. The summed E-state index contributed by atoms with van der Waals surface area (Å²) in [5, 5.41) is 6.47. The fourth-order valence-corrected chi connectivity index (χ4v) is 3.06. The molecule has 1 aromatic carbocycles. The van der Waals surface area contributed by atoms with Crippen molar-refractivity contribution in [3.05, 3.63) is 29.8 Å². The fourth-order valence-electron chi connectivity index (χ4n) is 3.06. The van der Waals surface area contributed by atoms with E-state index in [4.69, 9.17) is 4.74 Å². The first-order valence-corrected chi connectivity index (χ1v) is 7.62. The van der Waals surface area contributed by atoms with Crippen LogP contribution in [0, 0.1) is 5.41 Å². The number of carbonyl (C=O) groups is 1. The number of ether oxygens (including phenoxy) is 1. The SMILES string of the molecule is COc1ccccc1[C@@H](C)NC(=O)C1NCCCC1(C)C. The largest absolute Gasteiger partial charge is 0.496 e. The van der Waals surface area contributed by atoms with E-state index >= 15 is 0 Å². The molecule has 21 heavy (non-hydrogen) atoms. The number of hydrogen-bond donors (Lipinski definition) is 2. The molecule has 0 bridgehead atoms. The molecule has 116 valence electrons. The van der Waals surface area contributed by atoms with E-state index < -0.39 is 0 Å². The molecule has 0 radical (unpaired) electrons. The summed E-state index contributed by atoms with van der Waals surface area (Å²) >= 11 is 0. The van der Waals surface area contributed by atoms with Gasteiger partial charge >= 0.3 is 0 Å². The van der Waals surface area contributed by atoms with Crippen LogP contribution in [0.15, 0.2) is 24.3 Å². The average Bonchev–Trinajstić information content (AvgIpc) is 2.46. The van der Waals surface area contributed by atoms with Gasteiger partial charge in [0, 0.05) is 5.56 Å². The molecule has 1 amide bonds. The number of amides is 1. The van der Waals surface area contributed by atoms with E-state index in [9.17, 15) is 4.79 Å². The molecular formula is C17H26N2O2. The summed E-state index contributed by atoms with van der Waals surface area (Å²) in [6.45, 7) is 7.20. The minimum atomic E-state index is -0.136. The van der Waals surface area contributed by atoms with E-state index in [-0.39, 0.29) is 23.4 Å². The zero-order valence-corrected chi connectivity index (χ0v) is 13.4. The Labute approximate surface area is 127 Å². The van der Waals surface area contributed by atoms with E-state index in [1.54, 1.807) is 7.11 Å². The van der Waals surface area contributed by atoms with Crippen molar-refractivity contribution in [3.63, 3.8) is 0 Å². The topological polar surface area (TPSA) is 50.4 Å². The second-order valence-corrected chi connectivity index (χ2v) is 6.45. The van der Waals surface area contributed by atoms with Crippen molar-refractivity contribution < 1.29 is 9.53 Å². The number of hydrogen-bond acceptors (Lipinski definition) is 3. The van der Waals surface area contributed by atoms with Crippen LogP contribution < -0.4 is 15.4 Å². The third kappa shape index (κ3) is 3.56. The average molecular weight is 290 g/mol. The number of methoxy groups -OCH3 is 1. The number of piperidine rings is 1. The molecule has 2 atom stereocenters. The van der Waals surface area contributed by atoms with Gasteiger partial charge in [-0.25, -0.2) is 0 Å². The molecule has 1 unspecified atom stereocenters. The van der Waals surface area contributed by atoms with Crippen molar-refractivity contribution in [1.82, 2.24) is 10.6 Å². The number of nitrogens with one attached hydrogen (secondary N) is 2. The van der Waals surface area contributed by atoms with Gasteiger partial charge in [0.25, 0.3) is 0 Å². The summed E-state index contributed by atoms with van der Waals surface area (Å²) in [5.41, 5.74) is 0.991. The van der Waals surface area contributed by atoms with Gasteiger partial charge in [-0.2, -0.15) is 0 Å². The van der Waals surface area contributed by atoms with Crippen LogP contribution >= 0.6 is 0 Å². The van der Waals surface area contributed by atoms with Gasteiger partial charge in [-0.15, -0.1) is 0 Å². The Bertz CT molecular complexity index is 499. The smallest absolute Gasteiger partial charge is 0.238 e. The van der Waals surface area contributed by atoms with Crippen molar-refractivity contribution in [2.75, 3.05) is 13.7 Å². The van der Waals surface area contributed by atoms with Gasteiger partial charge in [-0.3, -0.25) is 4.79 Å². The van der Waals surface area contributed by atoms with E-state index in [0.29, 0.717) is 0 Å². The maximum Gasteiger partial charge on any atom is 0.238 e. The van der Waals surface area contributed by atoms with Crippen LogP contribution in [0.3, 0.4) is 0 Å². The molecule has 4 nitrogen and oxygen atoms in total. The highest BCUT2D eigenvalue weighted by Gasteiger charge is 2.37. The summed E-state index contributed by atoms with van der Waals surface area (Å²) in [4.78, 5) is 12.6. The van der Waals surface area contributed by atoms with Gasteiger partial charge in [0.05, 0.1) is 19.2 Å². The zero-order valence-electron chi connectivity index (χ0n) is 13.4. The lowest BCUT2D eigenvalue weighted by atomic mass is 9.77. The van der Waals surface area contributed by atoms with E-state index in [1.165, 1.54) is 0 Å². The van der Waals surface area contributed by atoms with Crippen LogP contribution in [0.4, 0.5) is 0 Å². The van der Waals surface area contributed by atoms with Crippen molar-refractivity contribution in [2.24, 2.45) is 5.41 Å². The summed E-state index contributed by atoms with van der Waals surface area (Å²) in [7, 11) is 1.65. The lowest BCUT2D eigenvalue weighted by molar-refractivity contribution is -0.127. The summed E-state index contributed by atoms with van der Waals surface area (Å²) in [5.74, 6) is 0.874. The Balaban J connectivity index is 2.08. The van der Waals surface area contributed by atoms with Crippen molar-refractivity contribution in [1.29, 1.82) is 0 Å². The fraction of sp³-hybridized carbons (Fsp3) is 0.588. The first-order valence-electron chi connectivity index (χ1n) is 7.62. The van der Waals surface area contributed by atoms with Crippen molar-refractivity contribution in [2.45, 2.75) is 45.7 Å². The predicted molar refractivity (Wildman–Crippen MR) is 84.4 cm³/mol. The Morgan fingerprint density at radius 2 is 2.14 bits per heavy atom. The third-order valence-electron chi connectivity index (χ3n) is 4.35. The van der Waals surface area contributed by atoms with E-state index in [0.717, 1.165) is 30.7 Å².